The van der Waals surface area contributed by atoms with Crippen molar-refractivity contribution in [2.45, 2.75) is 6.04 Å². The second-order valence-electron chi connectivity index (χ2n) is 3.29. The minimum Gasteiger partial charge on any atom is -0.313 e. The molecule has 1 atom stereocenters. The Labute approximate surface area is 82.7 Å². The zero-order valence-corrected chi connectivity index (χ0v) is 7.86. The fraction of sp³-hybridized carbons (Fsp3) is 0.400. The SMILES string of the molecule is O=C(c1ccccn1)C1CNCCN1. The quantitative estimate of drug-likeness (QED) is 0.637. The van der Waals surface area contributed by atoms with E-state index in [1.165, 1.54) is 0 Å². The molecular weight excluding hydrogens is 178 g/mol. The third-order valence-corrected chi connectivity index (χ3v) is 2.27. The largest absolute Gasteiger partial charge is 0.313 e. The molecule has 0 aromatic carbocycles. The molecule has 2 rings (SSSR count). The Balaban J connectivity index is 2.07. The van der Waals surface area contributed by atoms with Crippen molar-refractivity contribution in [2.24, 2.45) is 0 Å². The number of piperazine rings is 1. The number of pyridine rings is 1. The molecular formula is C10H13N3O. The van der Waals surface area contributed by atoms with Crippen LogP contribution in [0, 0.1) is 0 Å². The predicted octanol–water partition coefficient (Wildman–Crippen LogP) is -0.174. The topological polar surface area (TPSA) is 54.0 Å². The van der Waals surface area contributed by atoms with Crippen molar-refractivity contribution < 1.29 is 4.79 Å². The van der Waals surface area contributed by atoms with E-state index >= 15 is 0 Å². The van der Waals surface area contributed by atoms with Gasteiger partial charge in [0.05, 0.1) is 6.04 Å². The van der Waals surface area contributed by atoms with Gasteiger partial charge in [0.2, 0.25) is 0 Å². The van der Waals surface area contributed by atoms with E-state index in [0.717, 1.165) is 13.1 Å². The highest BCUT2D eigenvalue weighted by Gasteiger charge is 2.21. The minimum absolute atomic E-state index is 0.0674. The third-order valence-electron chi connectivity index (χ3n) is 2.27. The van der Waals surface area contributed by atoms with Crippen LogP contribution < -0.4 is 10.6 Å². The van der Waals surface area contributed by atoms with Crippen LogP contribution in [0.3, 0.4) is 0 Å². The van der Waals surface area contributed by atoms with Crippen LogP contribution >= 0.6 is 0 Å². The van der Waals surface area contributed by atoms with Gasteiger partial charge < -0.3 is 10.6 Å². The molecule has 1 aromatic heterocycles. The summed E-state index contributed by atoms with van der Waals surface area (Å²) in [5, 5.41) is 6.34. The fourth-order valence-corrected chi connectivity index (χ4v) is 1.53. The number of hydrogen-bond donors (Lipinski definition) is 2. The Kier molecular flexibility index (Phi) is 2.86. The lowest BCUT2D eigenvalue weighted by Gasteiger charge is -2.22. The first-order valence-corrected chi connectivity index (χ1v) is 4.77. The van der Waals surface area contributed by atoms with E-state index in [1.54, 1.807) is 12.3 Å². The van der Waals surface area contributed by atoms with Gasteiger partial charge in [0.15, 0.2) is 5.78 Å². The predicted molar refractivity (Wildman–Crippen MR) is 53.2 cm³/mol. The van der Waals surface area contributed by atoms with Crippen molar-refractivity contribution in [2.75, 3.05) is 19.6 Å². The maximum absolute atomic E-state index is 11.8. The molecule has 1 saturated heterocycles. The van der Waals surface area contributed by atoms with Crippen LogP contribution in [0.1, 0.15) is 10.5 Å². The number of rotatable bonds is 2. The maximum atomic E-state index is 11.8. The Morgan fingerprint density at radius 2 is 2.36 bits per heavy atom. The number of nitrogens with zero attached hydrogens (tertiary/aromatic N) is 1. The van der Waals surface area contributed by atoms with Gasteiger partial charge in [-0.2, -0.15) is 0 Å². The van der Waals surface area contributed by atoms with Crippen LogP contribution in [-0.2, 0) is 0 Å². The molecule has 1 aliphatic heterocycles. The lowest BCUT2D eigenvalue weighted by atomic mass is 10.1. The monoisotopic (exact) mass is 191 g/mol. The van der Waals surface area contributed by atoms with E-state index in [0.29, 0.717) is 12.2 Å². The van der Waals surface area contributed by atoms with E-state index in [1.807, 2.05) is 12.1 Å². The second kappa shape index (κ2) is 4.30. The average Bonchev–Trinajstić information content (AvgIpc) is 2.30. The first-order valence-electron chi connectivity index (χ1n) is 4.77. The van der Waals surface area contributed by atoms with Crippen LogP contribution in [0.5, 0.6) is 0 Å². The van der Waals surface area contributed by atoms with E-state index in [9.17, 15) is 4.79 Å². The molecule has 0 bridgehead atoms. The molecule has 1 aliphatic rings. The van der Waals surface area contributed by atoms with E-state index in [4.69, 9.17) is 0 Å². The summed E-state index contributed by atoms with van der Waals surface area (Å²) in [4.78, 5) is 15.9. The lowest BCUT2D eigenvalue weighted by molar-refractivity contribution is 0.0929. The van der Waals surface area contributed by atoms with Crippen molar-refractivity contribution in [1.29, 1.82) is 0 Å². The molecule has 14 heavy (non-hydrogen) atoms. The van der Waals surface area contributed by atoms with Crippen LogP contribution in [0.15, 0.2) is 24.4 Å². The summed E-state index contributed by atoms with van der Waals surface area (Å²) in [6, 6.07) is 5.26. The maximum Gasteiger partial charge on any atom is 0.199 e. The molecule has 1 aromatic rings. The Morgan fingerprint density at radius 1 is 1.43 bits per heavy atom. The highest BCUT2D eigenvalue weighted by atomic mass is 16.1. The van der Waals surface area contributed by atoms with Crippen molar-refractivity contribution >= 4 is 5.78 Å². The zero-order chi connectivity index (χ0) is 9.80. The minimum atomic E-state index is -0.126. The van der Waals surface area contributed by atoms with Crippen molar-refractivity contribution in [3.05, 3.63) is 30.1 Å². The lowest BCUT2D eigenvalue weighted by Crippen LogP contribution is -2.52. The van der Waals surface area contributed by atoms with Gasteiger partial charge in [0, 0.05) is 25.8 Å². The van der Waals surface area contributed by atoms with Gasteiger partial charge in [-0.1, -0.05) is 6.07 Å². The molecule has 0 saturated carbocycles. The summed E-state index contributed by atoms with van der Waals surface area (Å²) in [6.45, 7) is 2.45. The highest BCUT2D eigenvalue weighted by molar-refractivity contribution is 5.98. The number of carbonyl (C=O) groups excluding carboxylic acids is 1. The van der Waals surface area contributed by atoms with Gasteiger partial charge in [-0.05, 0) is 12.1 Å². The van der Waals surface area contributed by atoms with Gasteiger partial charge in [0.1, 0.15) is 5.69 Å². The van der Waals surface area contributed by atoms with Crippen LogP contribution in [0.2, 0.25) is 0 Å². The summed E-state index contributed by atoms with van der Waals surface area (Å²) < 4.78 is 0. The molecule has 0 radical (unpaired) electrons. The Bertz CT molecular complexity index is 306. The first kappa shape index (κ1) is 9.30. The van der Waals surface area contributed by atoms with Gasteiger partial charge >= 0.3 is 0 Å². The fourth-order valence-electron chi connectivity index (χ4n) is 1.53. The molecule has 1 fully saturated rings. The smallest absolute Gasteiger partial charge is 0.199 e. The summed E-state index contributed by atoms with van der Waals surface area (Å²) in [5.41, 5.74) is 0.536. The van der Waals surface area contributed by atoms with Gasteiger partial charge in [-0.15, -0.1) is 0 Å². The summed E-state index contributed by atoms with van der Waals surface area (Å²) in [7, 11) is 0. The normalized spacial score (nSPS) is 21.9. The molecule has 0 spiro atoms. The molecule has 4 nitrogen and oxygen atoms in total. The van der Waals surface area contributed by atoms with Gasteiger partial charge in [0.25, 0.3) is 0 Å². The van der Waals surface area contributed by atoms with Gasteiger partial charge in [-0.3, -0.25) is 9.78 Å². The average molecular weight is 191 g/mol. The van der Waals surface area contributed by atoms with E-state index < -0.39 is 0 Å². The summed E-state index contributed by atoms with van der Waals surface area (Å²) in [6.07, 6.45) is 1.64. The third kappa shape index (κ3) is 1.97. The molecule has 74 valence electrons. The molecule has 0 amide bonds. The Hall–Kier alpha value is -1.26. The second-order valence-corrected chi connectivity index (χ2v) is 3.29. The van der Waals surface area contributed by atoms with Crippen molar-refractivity contribution in [3.8, 4) is 0 Å². The standard InChI is InChI=1S/C10H13N3O/c14-10(8-3-1-2-4-12-8)9-7-11-5-6-13-9/h1-4,9,11,13H,5-7H2. The number of nitrogens with one attached hydrogen (secondary N) is 2. The molecule has 1 unspecified atom stereocenters. The molecule has 4 heteroatoms. The van der Waals surface area contributed by atoms with Crippen molar-refractivity contribution in [3.63, 3.8) is 0 Å². The molecule has 2 heterocycles. The first-order chi connectivity index (χ1) is 6.88. The highest BCUT2D eigenvalue weighted by Crippen LogP contribution is 2.00. The van der Waals surface area contributed by atoms with E-state index in [-0.39, 0.29) is 11.8 Å². The van der Waals surface area contributed by atoms with Crippen LogP contribution in [0.25, 0.3) is 0 Å². The van der Waals surface area contributed by atoms with Crippen LogP contribution in [-0.4, -0.2) is 36.4 Å². The van der Waals surface area contributed by atoms with E-state index in [2.05, 4.69) is 15.6 Å². The summed E-state index contributed by atoms with van der Waals surface area (Å²) >= 11 is 0. The van der Waals surface area contributed by atoms with Crippen molar-refractivity contribution in [1.82, 2.24) is 15.6 Å². The molecule has 0 aliphatic carbocycles. The van der Waals surface area contributed by atoms with Gasteiger partial charge in [-0.25, -0.2) is 0 Å². The number of Topliss-reactive ketones (excluding diaryl/α,β-unsaturated/α-hetero) is 1. The zero-order valence-electron chi connectivity index (χ0n) is 7.86. The number of ketones is 1. The molecule has 2 N–H and O–H groups in total. The number of aromatic nitrogens is 1. The summed E-state index contributed by atoms with van der Waals surface area (Å²) in [5.74, 6) is 0.0674. The Morgan fingerprint density at radius 3 is 3.00 bits per heavy atom. The number of hydrogen-bond acceptors (Lipinski definition) is 4. The van der Waals surface area contributed by atoms with Crippen LogP contribution in [0.4, 0.5) is 0 Å². The number of carbonyl (C=O) groups is 1.